The molecule has 0 saturated carbocycles. The normalized spacial score (nSPS) is 14.9. The number of rotatable bonds is 8. The minimum absolute atomic E-state index is 0.0531. The molecular weight excluding hydrogens is 359 g/mol. The Morgan fingerprint density at radius 3 is 2.44 bits per heavy atom. The number of piperidine rings is 1. The van der Waals surface area contributed by atoms with Crippen LogP contribution < -0.4 is 5.32 Å². The summed E-state index contributed by atoms with van der Waals surface area (Å²) in [6, 6.07) is 14.8. The lowest BCUT2D eigenvalue weighted by molar-refractivity contribution is -0.120. The highest BCUT2D eigenvalue weighted by Crippen LogP contribution is 2.19. The summed E-state index contributed by atoms with van der Waals surface area (Å²) in [5, 5.41) is 3.04. The van der Waals surface area contributed by atoms with E-state index in [1.54, 1.807) is 23.9 Å². The lowest BCUT2D eigenvalue weighted by atomic mass is 10.0. The Morgan fingerprint density at radius 1 is 1.00 bits per heavy atom. The number of nitrogens with one attached hydrogen (secondary N) is 1. The number of likely N-dealkylation sites (tertiary alicyclic amines) is 1. The molecule has 3 rings (SSSR count). The average molecular weight is 387 g/mol. The number of nitrogens with zero attached hydrogens (tertiary/aromatic N) is 1. The van der Waals surface area contributed by atoms with Gasteiger partial charge in [0.1, 0.15) is 5.82 Å². The largest absolute Gasteiger partial charge is 0.352 e. The maximum atomic E-state index is 12.9. The first kappa shape index (κ1) is 19.9. The third-order valence-electron chi connectivity index (χ3n) is 4.85. The van der Waals surface area contributed by atoms with Crippen LogP contribution in [-0.4, -0.2) is 29.6 Å². The molecule has 5 heteroatoms. The molecule has 0 aliphatic carbocycles. The Labute approximate surface area is 165 Å². The molecule has 0 aromatic heterocycles. The molecule has 0 spiro atoms. The molecule has 2 aromatic carbocycles. The van der Waals surface area contributed by atoms with Gasteiger partial charge in [0.05, 0.1) is 0 Å². The van der Waals surface area contributed by atoms with Crippen LogP contribution in [0, 0.1) is 5.82 Å². The lowest BCUT2D eigenvalue weighted by Crippen LogP contribution is -2.30. The Morgan fingerprint density at radius 2 is 1.70 bits per heavy atom. The highest BCUT2D eigenvalue weighted by Gasteiger charge is 2.12. The van der Waals surface area contributed by atoms with Crippen molar-refractivity contribution in [1.29, 1.82) is 0 Å². The smallest absolute Gasteiger partial charge is 0.221 e. The van der Waals surface area contributed by atoms with Crippen LogP contribution in [0.15, 0.2) is 53.4 Å². The van der Waals surface area contributed by atoms with E-state index in [9.17, 15) is 9.18 Å². The van der Waals surface area contributed by atoms with Gasteiger partial charge in [-0.1, -0.05) is 30.7 Å². The maximum Gasteiger partial charge on any atom is 0.221 e. The number of carbonyl (C=O) groups excluding carboxylic acids is 1. The van der Waals surface area contributed by atoms with E-state index in [-0.39, 0.29) is 11.7 Å². The van der Waals surface area contributed by atoms with Crippen LogP contribution in [0.4, 0.5) is 4.39 Å². The second-order valence-corrected chi connectivity index (χ2v) is 8.10. The van der Waals surface area contributed by atoms with Crippen molar-refractivity contribution in [2.45, 2.75) is 43.7 Å². The zero-order valence-corrected chi connectivity index (χ0v) is 16.4. The van der Waals surface area contributed by atoms with Crippen LogP contribution in [0.1, 0.15) is 36.8 Å². The molecule has 1 aliphatic heterocycles. The van der Waals surface area contributed by atoms with Crippen LogP contribution >= 0.6 is 11.8 Å². The van der Waals surface area contributed by atoms with Crippen molar-refractivity contribution in [3.05, 3.63) is 65.5 Å². The van der Waals surface area contributed by atoms with E-state index in [4.69, 9.17) is 0 Å². The molecule has 1 saturated heterocycles. The van der Waals surface area contributed by atoms with Crippen molar-refractivity contribution in [1.82, 2.24) is 10.2 Å². The predicted molar refractivity (Wildman–Crippen MR) is 109 cm³/mol. The first-order chi connectivity index (χ1) is 13.2. The summed E-state index contributed by atoms with van der Waals surface area (Å²) in [5.41, 5.74) is 2.50. The predicted octanol–water partition coefficient (Wildman–Crippen LogP) is 4.61. The Bertz CT molecular complexity index is 729. The summed E-state index contributed by atoms with van der Waals surface area (Å²) in [4.78, 5) is 15.7. The van der Waals surface area contributed by atoms with E-state index >= 15 is 0 Å². The number of benzene rings is 2. The fourth-order valence-electron chi connectivity index (χ4n) is 3.32. The Kier molecular flexibility index (Phi) is 7.72. The molecule has 1 amide bonds. The number of hydrogen-bond donors (Lipinski definition) is 1. The third kappa shape index (κ3) is 6.67. The minimum Gasteiger partial charge on any atom is -0.352 e. The fraction of sp³-hybridized carbons (Fsp3) is 0.409. The molecule has 27 heavy (non-hydrogen) atoms. The van der Waals surface area contributed by atoms with Gasteiger partial charge in [-0.05, 0) is 61.3 Å². The van der Waals surface area contributed by atoms with Gasteiger partial charge in [0, 0.05) is 30.2 Å². The van der Waals surface area contributed by atoms with Gasteiger partial charge in [-0.2, -0.15) is 0 Å². The van der Waals surface area contributed by atoms with Gasteiger partial charge < -0.3 is 5.32 Å². The van der Waals surface area contributed by atoms with E-state index in [2.05, 4.69) is 28.4 Å². The first-order valence-electron chi connectivity index (χ1n) is 9.65. The molecule has 3 nitrogen and oxygen atoms in total. The summed E-state index contributed by atoms with van der Waals surface area (Å²) < 4.78 is 12.9. The zero-order valence-electron chi connectivity index (χ0n) is 15.6. The van der Waals surface area contributed by atoms with Crippen molar-refractivity contribution in [3.63, 3.8) is 0 Å². The topological polar surface area (TPSA) is 32.3 Å². The maximum absolute atomic E-state index is 12.9. The van der Waals surface area contributed by atoms with Crippen molar-refractivity contribution < 1.29 is 9.18 Å². The van der Waals surface area contributed by atoms with E-state index in [0.29, 0.717) is 18.7 Å². The Hall–Kier alpha value is -1.85. The molecule has 1 aliphatic rings. The molecule has 0 bridgehead atoms. The van der Waals surface area contributed by atoms with Crippen LogP contribution in [0.3, 0.4) is 0 Å². The van der Waals surface area contributed by atoms with Gasteiger partial charge in [0.2, 0.25) is 5.91 Å². The number of amides is 1. The molecular formula is C22H27FN2OS. The van der Waals surface area contributed by atoms with Crippen molar-refractivity contribution in [2.75, 3.05) is 18.8 Å². The average Bonchev–Trinajstić information content (AvgIpc) is 2.70. The number of thioether (sulfide) groups is 1. The molecule has 0 radical (unpaired) electrons. The van der Waals surface area contributed by atoms with Gasteiger partial charge >= 0.3 is 0 Å². The van der Waals surface area contributed by atoms with Crippen molar-refractivity contribution in [2.24, 2.45) is 0 Å². The summed E-state index contributed by atoms with van der Waals surface area (Å²) in [5.74, 6) is 0.505. The fourth-order valence-corrected chi connectivity index (χ4v) is 4.17. The van der Waals surface area contributed by atoms with Gasteiger partial charge in [0.15, 0.2) is 0 Å². The highest BCUT2D eigenvalue weighted by atomic mass is 32.2. The van der Waals surface area contributed by atoms with Crippen LogP contribution in [0.25, 0.3) is 0 Å². The van der Waals surface area contributed by atoms with Crippen molar-refractivity contribution >= 4 is 17.7 Å². The minimum atomic E-state index is -0.236. The summed E-state index contributed by atoms with van der Waals surface area (Å²) >= 11 is 1.57. The van der Waals surface area contributed by atoms with E-state index in [1.807, 2.05) is 6.07 Å². The highest BCUT2D eigenvalue weighted by molar-refractivity contribution is 7.99. The second kappa shape index (κ2) is 10.5. The lowest BCUT2D eigenvalue weighted by Gasteiger charge is -2.27. The van der Waals surface area contributed by atoms with E-state index in [0.717, 1.165) is 11.4 Å². The number of halogens is 1. The third-order valence-corrected chi connectivity index (χ3v) is 5.86. The molecule has 0 unspecified atom stereocenters. The van der Waals surface area contributed by atoms with Gasteiger partial charge in [-0.25, -0.2) is 4.39 Å². The monoisotopic (exact) mass is 386 g/mol. The molecule has 144 valence electrons. The van der Waals surface area contributed by atoms with Gasteiger partial charge in [-0.3, -0.25) is 9.69 Å². The first-order valence-corrected chi connectivity index (χ1v) is 10.6. The van der Waals surface area contributed by atoms with E-state index in [1.165, 1.54) is 55.6 Å². The molecule has 1 fully saturated rings. The van der Waals surface area contributed by atoms with Crippen molar-refractivity contribution in [3.8, 4) is 0 Å². The molecule has 1 N–H and O–H groups in total. The van der Waals surface area contributed by atoms with Crippen LogP contribution in [0.2, 0.25) is 0 Å². The molecule has 1 heterocycles. The quantitative estimate of drug-likeness (QED) is 0.673. The van der Waals surface area contributed by atoms with Gasteiger partial charge in [0.25, 0.3) is 0 Å². The number of hydrogen-bond acceptors (Lipinski definition) is 3. The zero-order chi connectivity index (χ0) is 18.9. The summed E-state index contributed by atoms with van der Waals surface area (Å²) in [6.07, 6.45) is 4.36. The van der Waals surface area contributed by atoms with Crippen LogP contribution in [-0.2, 0) is 17.9 Å². The van der Waals surface area contributed by atoms with Crippen LogP contribution in [0.5, 0.6) is 0 Å². The number of carbonyl (C=O) groups is 1. The van der Waals surface area contributed by atoms with E-state index < -0.39 is 0 Å². The molecule has 0 atom stereocenters. The second-order valence-electron chi connectivity index (χ2n) is 6.93. The Balaban J connectivity index is 1.43. The molecule has 2 aromatic rings. The summed E-state index contributed by atoms with van der Waals surface area (Å²) in [7, 11) is 0. The van der Waals surface area contributed by atoms with Gasteiger partial charge in [-0.15, -0.1) is 11.8 Å². The SMILES string of the molecule is O=C(CCSc1ccc(F)cc1)NCc1ccccc1CN1CCCCC1. The standard InChI is InChI=1S/C22H27FN2OS/c23-20-8-10-21(11-9-20)27-15-12-22(26)24-16-18-6-2-3-7-19(18)17-25-13-4-1-5-14-25/h2-3,6-11H,1,4-5,12-17H2,(H,24,26). The summed E-state index contributed by atoms with van der Waals surface area (Å²) in [6.45, 7) is 3.87.